The summed E-state index contributed by atoms with van der Waals surface area (Å²) in [5.74, 6) is 1.67. The molecule has 4 aromatic rings. The molecule has 2 aromatic carbocycles. The van der Waals surface area contributed by atoms with Crippen LogP contribution in [-0.2, 0) is 5.75 Å². The smallest absolute Gasteiger partial charge is 0.214 e. The standard InChI is InChI=1S/C18H17N7S/c1-11-7-8-15(12(2)9-11)25-18(22-23-24-25)26-10-16-20-14-6-4-3-5-13(14)17(19)21-16/h3-9H,10H2,1-2H3,(H2,19,20,21). The van der Waals surface area contributed by atoms with Crippen LogP contribution in [0.1, 0.15) is 17.0 Å². The Morgan fingerprint density at radius 3 is 2.77 bits per heavy atom. The second-order valence-corrected chi connectivity index (χ2v) is 6.94. The number of rotatable bonds is 4. The highest BCUT2D eigenvalue weighted by molar-refractivity contribution is 7.98. The molecule has 0 saturated heterocycles. The number of thioether (sulfide) groups is 1. The lowest BCUT2D eigenvalue weighted by Crippen LogP contribution is -2.03. The summed E-state index contributed by atoms with van der Waals surface area (Å²) in [6.07, 6.45) is 0. The van der Waals surface area contributed by atoms with E-state index in [9.17, 15) is 0 Å². The summed E-state index contributed by atoms with van der Waals surface area (Å²) in [5.41, 5.74) is 10.2. The van der Waals surface area contributed by atoms with E-state index in [2.05, 4.69) is 38.5 Å². The van der Waals surface area contributed by atoms with Gasteiger partial charge in [-0.15, -0.1) is 5.10 Å². The number of tetrazole rings is 1. The van der Waals surface area contributed by atoms with Crippen molar-refractivity contribution in [1.29, 1.82) is 0 Å². The molecule has 0 fully saturated rings. The van der Waals surface area contributed by atoms with Crippen molar-refractivity contribution in [3.63, 3.8) is 0 Å². The normalized spacial score (nSPS) is 11.2. The van der Waals surface area contributed by atoms with Crippen molar-refractivity contribution in [1.82, 2.24) is 30.2 Å². The minimum absolute atomic E-state index is 0.486. The first-order valence-corrected chi connectivity index (χ1v) is 9.10. The number of aryl methyl sites for hydroxylation is 2. The number of anilines is 1. The van der Waals surface area contributed by atoms with E-state index in [1.165, 1.54) is 17.3 Å². The van der Waals surface area contributed by atoms with Crippen LogP contribution in [0, 0.1) is 13.8 Å². The highest BCUT2D eigenvalue weighted by Gasteiger charge is 2.13. The number of nitrogens with zero attached hydrogens (tertiary/aromatic N) is 6. The molecule has 0 bridgehead atoms. The van der Waals surface area contributed by atoms with Crippen molar-refractivity contribution in [3.05, 3.63) is 59.4 Å². The average molecular weight is 363 g/mol. The van der Waals surface area contributed by atoms with Gasteiger partial charge in [0.15, 0.2) is 0 Å². The predicted octanol–water partition coefficient (Wildman–Crippen LogP) is 3.10. The number of fused-ring (bicyclic) bond motifs is 1. The summed E-state index contributed by atoms with van der Waals surface area (Å²) in [6, 6.07) is 13.9. The van der Waals surface area contributed by atoms with Gasteiger partial charge in [-0.1, -0.05) is 41.6 Å². The van der Waals surface area contributed by atoms with E-state index >= 15 is 0 Å². The molecule has 0 aliphatic rings. The van der Waals surface area contributed by atoms with Crippen molar-refractivity contribution >= 4 is 28.5 Å². The molecular weight excluding hydrogens is 346 g/mol. The molecule has 7 nitrogen and oxygen atoms in total. The molecule has 0 aliphatic carbocycles. The maximum absolute atomic E-state index is 6.06. The molecule has 2 heterocycles. The zero-order valence-electron chi connectivity index (χ0n) is 14.4. The molecule has 26 heavy (non-hydrogen) atoms. The first-order chi connectivity index (χ1) is 12.6. The van der Waals surface area contributed by atoms with E-state index in [0.29, 0.717) is 22.6 Å². The largest absolute Gasteiger partial charge is 0.383 e. The van der Waals surface area contributed by atoms with E-state index in [0.717, 1.165) is 22.2 Å². The Morgan fingerprint density at radius 2 is 1.92 bits per heavy atom. The van der Waals surface area contributed by atoms with Gasteiger partial charge in [0.1, 0.15) is 11.6 Å². The summed E-state index contributed by atoms with van der Waals surface area (Å²) in [5, 5.41) is 13.6. The van der Waals surface area contributed by atoms with Gasteiger partial charge in [-0.25, -0.2) is 9.97 Å². The zero-order chi connectivity index (χ0) is 18.1. The summed E-state index contributed by atoms with van der Waals surface area (Å²) in [6.45, 7) is 4.11. The zero-order valence-corrected chi connectivity index (χ0v) is 15.2. The van der Waals surface area contributed by atoms with Crippen LogP contribution >= 0.6 is 11.8 Å². The Hall–Kier alpha value is -3.00. The second-order valence-electron chi connectivity index (χ2n) is 5.99. The van der Waals surface area contributed by atoms with Gasteiger partial charge in [0, 0.05) is 5.39 Å². The maximum atomic E-state index is 6.06. The first kappa shape index (κ1) is 16.5. The van der Waals surface area contributed by atoms with Crippen molar-refractivity contribution in [2.24, 2.45) is 0 Å². The monoisotopic (exact) mass is 363 g/mol. The highest BCUT2D eigenvalue weighted by Crippen LogP contribution is 2.25. The number of benzene rings is 2. The summed E-state index contributed by atoms with van der Waals surface area (Å²) >= 11 is 1.48. The van der Waals surface area contributed by atoms with Crippen LogP contribution in [0.25, 0.3) is 16.6 Å². The first-order valence-electron chi connectivity index (χ1n) is 8.12. The molecule has 0 atom stereocenters. The Kier molecular flexibility index (Phi) is 4.26. The quantitative estimate of drug-likeness (QED) is 0.557. The molecule has 0 spiro atoms. The third-order valence-corrected chi connectivity index (χ3v) is 4.95. The van der Waals surface area contributed by atoms with Crippen LogP contribution in [-0.4, -0.2) is 30.2 Å². The number of para-hydroxylation sites is 1. The molecule has 4 rings (SSSR count). The SMILES string of the molecule is Cc1ccc(-n2nnnc2SCc2nc(N)c3ccccc3n2)c(C)c1. The van der Waals surface area contributed by atoms with Crippen LogP contribution < -0.4 is 5.73 Å². The van der Waals surface area contributed by atoms with Crippen molar-refractivity contribution in [2.45, 2.75) is 24.8 Å². The molecule has 0 radical (unpaired) electrons. The average Bonchev–Trinajstić information content (AvgIpc) is 3.08. The van der Waals surface area contributed by atoms with Gasteiger partial charge in [0.2, 0.25) is 5.16 Å². The molecule has 0 unspecified atom stereocenters. The van der Waals surface area contributed by atoms with Gasteiger partial charge < -0.3 is 5.73 Å². The topological polar surface area (TPSA) is 95.4 Å². The maximum Gasteiger partial charge on any atom is 0.214 e. The van der Waals surface area contributed by atoms with E-state index in [4.69, 9.17) is 5.73 Å². The van der Waals surface area contributed by atoms with Gasteiger partial charge in [-0.05, 0) is 48.0 Å². The Bertz CT molecular complexity index is 1090. The summed E-state index contributed by atoms with van der Waals surface area (Å²) < 4.78 is 1.74. The lowest BCUT2D eigenvalue weighted by atomic mass is 10.1. The van der Waals surface area contributed by atoms with Crippen molar-refractivity contribution in [2.75, 3.05) is 5.73 Å². The van der Waals surface area contributed by atoms with Crippen LogP contribution in [0.3, 0.4) is 0 Å². The van der Waals surface area contributed by atoms with E-state index in [-0.39, 0.29) is 0 Å². The number of hydrogen-bond donors (Lipinski definition) is 1. The van der Waals surface area contributed by atoms with Gasteiger partial charge >= 0.3 is 0 Å². The number of hydrogen-bond acceptors (Lipinski definition) is 7. The van der Waals surface area contributed by atoms with E-state index in [1.54, 1.807) is 4.68 Å². The fourth-order valence-corrected chi connectivity index (χ4v) is 3.55. The predicted molar refractivity (Wildman–Crippen MR) is 102 cm³/mol. The van der Waals surface area contributed by atoms with Crippen molar-refractivity contribution in [3.8, 4) is 5.69 Å². The summed E-state index contributed by atoms with van der Waals surface area (Å²) in [7, 11) is 0. The second kappa shape index (κ2) is 6.72. The highest BCUT2D eigenvalue weighted by atomic mass is 32.2. The fraction of sp³-hybridized carbons (Fsp3) is 0.167. The van der Waals surface area contributed by atoms with E-state index < -0.39 is 0 Å². The van der Waals surface area contributed by atoms with Crippen LogP contribution in [0.2, 0.25) is 0 Å². The lowest BCUT2D eigenvalue weighted by Gasteiger charge is -2.08. The van der Waals surface area contributed by atoms with Gasteiger partial charge in [-0.3, -0.25) is 0 Å². The van der Waals surface area contributed by atoms with Crippen LogP contribution in [0.5, 0.6) is 0 Å². The minimum atomic E-state index is 0.486. The third-order valence-electron chi connectivity index (χ3n) is 4.03. The molecule has 2 aromatic heterocycles. The number of aromatic nitrogens is 6. The third kappa shape index (κ3) is 3.11. The Labute approximate surface area is 154 Å². The summed E-state index contributed by atoms with van der Waals surface area (Å²) in [4.78, 5) is 8.98. The molecule has 130 valence electrons. The molecule has 0 amide bonds. The molecular formula is C18H17N7S. The molecule has 8 heteroatoms. The Balaban J connectivity index is 1.61. The fourth-order valence-electron chi connectivity index (χ4n) is 2.81. The van der Waals surface area contributed by atoms with Crippen molar-refractivity contribution < 1.29 is 0 Å². The lowest BCUT2D eigenvalue weighted by molar-refractivity contribution is 0.751. The van der Waals surface area contributed by atoms with E-state index in [1.807, 2.05) is 43.3 Å². The van der Waals surface area contributed by atoms with Gasteiger partial charge in [0.25, 0.3) is 0 Å². The number of nitrogens with two attached hydrogens (primary N) is 1. The van der Waals surface area contributed by atoms with Crippen LogP contribution in [0.4, 0.5) is 5.82 Å². The van der Waals surface area contributed by atoms with Crippen LogP contribution in [0.15, 0.2) is 47.6 Å². The number of nitrogen functional groups attached to an aromatic ring is 1. The van der Waals surface area contributed by atoms with Gasteiger partial charge in [-0.2, -0.15) is 4.68 Å². The molecule has 0 aliphatic heterocycles. The molecule has 0 saturated carbocycles. The Morgan fingerprint density at radius 1 is 1.08 bits per heavy atom. The molecule has 2 N–H and O–H groups in total. The minimum Gasteiger partial charge on any atom is -0.383 e. The van der Waals surface area contributed by atoms with Gasteiger partial charge in [0.05, 0.1) is 17.0 Å².